The molecule has 0 atom stereocenters. The van der Waals surface area contributed by atoms with Gasteiger partial charge in [0.25, 0.3) is 0 Å². The number of alkyl halides is 1. The Morgan fingerprint density at radius 3 is 2.86 bits per heavy atom. The lowest BCUT2D eigenvalue weighted by atomic mass is 10.3. The Morgan fingerprint density at radius 1 is 1.50 bits per heavy atom. The Morgan fingerprint density at radius 2 is 2.29 bits per heavy atom. The van der Waals surface area contributed by atoms with E-state index in [1.54, 1.807) is 0 Å². The number of hydrogen-bond donors (Lipinski definition) is 0. The van der Waals surface area contributed by atoms with Crippen LogP contribution >= 0.6 is 11.6 Å². The monoisotopic (exact) mass is 212 g/mol. The molecule has 2 nitrogen and oxygen atoms in total. The molecule has 0 aliphatic rings. The normalized spacial score (nSPS) is 10.2. The molecule has 0 amide bonds. The number of rotatable bonds is 5. The molecule has 3 heteroatoms. The van der Waals surface area contributed by atoms with E-state index in [0.717, 1.165) is 25.3 Å². The number of halogens is 1. The van der Waals surface area contributed by atoms with Crippen molar-refractivity contribution in [2.75, 3.05) is 23.9 Å². The zero-order valence-corrected chi connectivity index (χ0v) is 9.59. The molecule has 14 heavy (non-hydrogen) atoms. The summed E-state index contributed by atoms with van der Waals surface area (Å²) in [6.07, 6.45) is 2.86. The Hall–Kier alpha value is -0.760. The van der Waals surface area contributed by atoms with Crippen molar-refractivity contribution in [3.63, 3.8) is 0 Å². The second-order valence-corrected chi connectivity index (χ2v) is 3.69. The van der Waals surface area contributed by atoms with Crippen LogP contribution in [0.4, 0.5) is 5.82 Å². The van der Waals surface area contributed by atoms with Gasteiger partial charge in [0.05, 0.1) is 0 Å². The molecule has 0 bridgehead atoms. The molecule has 1 aromatic rings. The average molecular weight is 213 g/mol. The molecule has 0 aliphatic heterocycles. The fourth-order valence-corrected chi connectivity index (χ4v) is 1.50. The third kappa shape index (κ3) is 3.18. The maximum atomic E-state index is 5.67. The highest BCUT2D eigenvalue weighted by molar-refractivity contribution is 6.17. The standard InChI is InChI=1S/C11H17ClN2/c1-3-14(8-4-6-12)11-9-10(2)5-7-13-11/h5,7,9H,3-4,6,8H2,1-2H3. The topological polar surface area (TPSA) is 16.1 Å². The van der Waals surface area contributed by atoms with Crippen LogP contribution in [0.1, 0.15) is 18.9 Å². The maximum Gasteiger partial charge on any atom is 0.128 e. The fourth-order valence-electron chi connectivity index (χ4n) is 1.38. The molecule has 1 rings (SSSR count). The molecule has 0 saturated carbocycles. The predicted molar refractivity (Wildman–Crippen MR) is 62.2 cm³/mol. The summed E-state index contributed by atoms with van der Waals surface area (Å²) in [4.78, 5) is 6.59. The minimum atomic E-state index is 0.711. The second kappa shape index (κ2) is 5.86. The largest absolute Gasteiger partial charge is 0.357 e. The van der Waals surface area contributed by atoms with Gasteiger partial charge in [0.1, 0.15) is 5.82 Å². The number of hydrogen-bond acceptors (Lipinski definition) is 2. The van der Waals surface area contributed by atoms with E-state index >= 15 is 0 Å². The van der Waals surface area contributed by atoms with Gasteiger partial charge in [-0.3, -0.25) is 0 Å². The lowest BCUT2D eigenvalue weighted by molar-refractivity contribution is 0.781. The van der Waals surface area contributed by atoms with E-state index in [0.29, 0.717) is 5.88 Å². The average Bonchev–Trinajstić information content (AvgIpc) is 2.19. The minimum Gasteiger partial charge on any atom is -0.357 e. The zero-order valence-electron chi connectivity index (χ0n) is 8.83. The smallest absolute Gasteiger partial charge is 0.128 e. The highest BCUT2D eigenvalue weighted by atomic mass is 35.5. The maximum absolute atomic E-state index is 5.67. The summed E-state index contributed by atoms with van der Waals surface area (Å²) in [7, 11) is 0. The first-order valence-corrected chi connectivity index (χ1v) is 5.55. The quantitative estimate of drug-likeness (QED) is 0.698. The van der Waals surface area contributed by atoms with E-state index in [1.165, 1.54) is 5.56 Å². The summed E-state index contributed by atoms with van der Waals surface area (Å²) in [5.74, 6) is 1.76. The number of aryl methyl sites for hydroxylation is 1. The first-order valence-electron chi connectivity index (χ1n) is 5.01. The lowest BCUT2D eigenvalue weighted by Crippen LogP contribution is -2.25. The molecule has 0 radical (unpaired) electrons. The van der Waals surface area contributed by atoms with E-state index in [4.69, 9.17) is 11.6 Å². The summed E-state index contributed by atoms with van der Waals surface area (Å²) in [6, 6.07) is 4.12. The van der Waals surface area contributed by atoms with Crippen LogP contribution < -0.4 is 4.90 Å². The van der Waals surface area contributed by atoms with Crippen LogP contribution in [0, 0.1) is 6.92 Å². The molecule has 1 heterocycles. The van der Waals surface area contributed by atoms with E-state index in [-0.39, 0.29) is 0 Å². The van der Waals surface area contributed by atoms with Gasteiger partial charge in [-0.1, -0.05) is 0 Å². The third-order valence-electron chi connectivity index (χ3n) is 2.17. The zero-order chi connectivity index (χ0) is 10.4. The van der Waals surface area contributed by atoms with E-state index < -0.39 is 0 Å². The predicted octanol–water partition coefficient (Wildman–Crippen LogP) is 2.85. The first kappa shape index (κ1) is 11.3. The molecule has 0 aromatic carbocycles. The highest BCUT2D eigenvalue weighted by Crippen LogP contribution is 2.12. The number of anilines is 1. The Kier molecular flexibility index (Phi) is 4.74. The van der Waals surface area contributed by atoms with Gasteiger partial charge in [-0.15, -0.1) is 11.6 Å². The van der Waals surface area contributed by atoms with Gasteiger partial charge >= 0.3 is 0 Å². The van der Waals surface area contributed by atoms with E-state index in [2.05, 4.69) is 29.8 Å². The molecular weight excluding hydrogens is 196 g/mol. The van der Waals surface area contributed by atoms with Gasteiger partial charge in [-0.25, -0.2) is 4.98 Å². The van der Waals surface area contributed by atoms with Gasteiger partial charge in [-0.2, -0.15) is 0 Å². The fraction of sp³-hybridized carbons (Fsp3) is 0.545. The number of pyridine rings is 1. The lowest BCUT2D eigenvalue weighted by Gasteiger charge is -2.21. The van der Waals surface area contributed by atoms with Gasteiger partial charge < -0.3 is 4.90 Å². The van der Waals surface area contributed by atoms with Crippen molar-refractivity contribution in [3.05, 3.63) is 23.9 Å². The third-order valence-corrected chi connectivity index (χ3v) is 2.44. The molecule has 0 saturated heterocycles. The summed E-state index contributed by atoms with van der Waals surface area (Å²) in [5.41, 5.74) is 1.25. The molecular formula is C11H17ClN2. The van der Waals surface area contributed by atoms with Crippen LogP contribution in [0.15, 0.2) is 18.3 Å². The Bertz CT molecular complexity index is 276. The van der Waals surface area contributed by atoms with Crippen LogP contribution in [-0.4, -0.2) is 24.0 Å². The molecule has 1 aromatic heterocycles. The van der Waals surface area contributed by atoms with Gasteiger partial charge in [-0.05, 0) is 38.0 Å². The van der Waals surface area contributed by atoms with Gasteiger partial charge in [0.15, 0.2) is 0 Å². The molecule has 0 N–H and O–H groups in total. The van der Waals surface area contributed by atoms with Crippen molar-refractivity contribution >= 4 is 17.4 Å². The highest BCUT2D eigenvalue weighted by Gasteiger charge is 2.04. The van der Waals surface area contributed by atoms with Crippen LogP contribution in [-0.2, 0) is 0 Å². The van der Waals surface area contributed by atoms with Crippen LogP contribution in [0.3, 0.4) is 0 Å². The van der Waals surface area contributed by atoms with Crippen LogP contribution in [0.2, 0.25) is 0 Å². The summed E-state index contributed by atoms with van der Waals surface area (Å²) in [5, 5.41) is 0. The molecule has 0 fully saturated rings. The van der Waals surface area contributed by atoms with Crippen LogP contribution in [0.5, 0.6) is 0 Å². The van der Waals surface area contributed by atoms with Crippen molar-refractivity contribution in [3.8, 4) is 0 Å². The second-order valence-electron chi connectivity index (χ2n) is 3.31. The minimum absolute atomic E-state index is 0.711. The van der Waals surface area contributed by atoms with Crippen molar-refractivity contribution in [1.29, 1.82) is 0 Å². The first-order chi connectivity index (χ1) is 6.77. The molecule has 78 valence electrons. The molecule has 0 aliphatic carbocycles. The molecule has 0 unspecified atom stereocenters. The van der Waals surface area contributed by atoms with Gasteiger partial charge in [0, 0.05) is 25.2 Å². The van der Waals surface area contributed by atoms with Crippen molar-refractivity contribution in [2.24, 2.45) is 0 Å². The summed E-state index contributed by atoms with van der Waals surface area (Å²) >= 11 is 5.67. The van der Waals surface area contributed by atoms with E-state index in [9.17, 15) is 0 Å². The van der Waals surface area contributed by atoms with Crippen LogP contribution in [0.25, 0.3) is 0 Å². The van der Waals surface area contributed by atoms with Crippen molar-refractivity contribution in [2.45, 2.75) is 20.3 Å². The van der Waals surface area contributed by atoms with Crippen molar-refractivity contribution in [1.82, 2.24) is 4.98 Å². The SMILES string of the molecule is CCN(CCCCl)c1cc(C)ccn1. The van der Waals surface area contributed by atoms with Gasteiger partial charge in [0.2, 0.25) is 0 Å². The Labute approximate surface area is 90.9 Å². The number of nitrogens with zero attached hydrogens (tertiary/aromatic N) is 2. The summed E-state index contributed by atoms with van der Waals surface area (Å²) in [6.45, 7) is 6.18. The number of aromatic nitrogens is 1. The molecule has 0 spiro atoms. The Balaban J connectivity index is 2.68. The van der Waals surface area contributed by atoms with E-state index in [1.807, 2.05) is 12.3 Å². The summed E-state index contributed by atoms with van der Waals surface area (Å²) < 4.78 is 0. The van der Waals surface area contributed by atoms with Crippen molar-refractivity contribution < 1.29 is 0 Å².